The Hall–Kier alpha value is -2.27. The second-order valence-electron chi connectivity index (χ2n) is 7.72. The van der Waals surface area contributed by atoms with Crippen LogP contribution in [0.2, 0.25) is 0 Å². The summed E-state index contributed by atoms with van der Waals surface area (Å²) in [5, 5.41) is 0. The highest BCUT2D eigenvalue weighted by Gasteiger charge is 2.33. The Balaban J connectivity index is 1.51. The van der Waals surface area contributed by atoms with Crippen molar-refractivity contribution in [2.24, 2.45) is 0 Å². The summed E-state index contributed by atoms with van der Waals surface area (Å²) in [6.45, 7) is 4.98. The summed E-state index contributed by atoms with van der Waals surface area (Å²) in [5.74, 6) is -0.638. The van der Waals surface area contributed by atoms with Crippen LogP contribution < -0.4 is 0 Å². The summed E-state index contributed by atoms with van der Waals surface area (Å²) in [6.07, 6.45) is 7.84. The smallest absolute Gasteiger partial charge is 0.257 e. The normalized spacial score (nSPS) is 23.1. The van der Waals surface area contributed by atoms with Crippen molar-refractivity contribution in [2.75, 3.05) is 19.6 Å². The van der Waals surface area contributed by atoms with Gasteiger partial charge in [0, 0.05) is 43.1 Å². The molecular weight excluding hydrogens is 341 g/mol. The van der Waals surface area contributed by atoms with Gasteiger partial charge in [-0.1, -0.05) is 12.1 Å². The Morgan fingerprint density at radius 1 is 1.19 bits per heavy atom. The van der Waals surface area contributed by atoms with Gasteiger partial charge in [-0.05, 0) is 62.9 Å². The van der Waals surface area contributed by atoms with Gasteiger partial charge in [0.2, 0.25) is 0 Å². The van der Waals surface area contributed by atoms with E-state index in [1.165, 1.54) is 18.9 Å². The van der Waals surface area contributed by atoms with Crippen molar-refractivity contribution in [1.29, 1.82) is 0 Å². The van der Waals surface area contributed by atoms with E-state index in [2.05, 4.69) is 16.8 Å². The third-order valence-corrected chi connectivity index (χ3v) is 5.97. The fraction of sp³-hybridized carbons (Fsp3) is 0.455. The highest BCUT2D eigenvalue weighted by Crippen LogP contribution is 2.27. The maximum absolute atomic E-state index is 14.8. The fourth-order valence-corrected chi connectivity index (χ4v) is 4.38. The standard InChI is InChI=1S/C22H26FN3O/c1-16-5-3-11-25(16)15-19-7-4-12-26(19)22(27)20-9-8-17(13-21(20)23)18-6-2-10-24-14-18/h2,6,8-10,13-14,16,19H,3-5,7,11-12,15H2,1H3/t16-,19+/m1/s1. The molecule has 4 rings (SSSR count). The van der Waals surface area contributed by atoms with E-state index in [1.54, 1.807) is 24.5 Å². The van der Waals surface area contributed by atoms with Crippen LogP contribution in [-0.4, -0.2) is 52.4 Å². The van der Waals surface area contributed by atoms with Gasteiger partial charge in [-0.2, -0.15) is 0 Å². The molecule has 2 aliphatic rings. The number of amides is 1. The molecule has 0 aliphatic carbocycles. The number of nitrogens with zero attached hydrogens (tertiary/aromatic N) is 3. The van der Waals surface area contributed by atoms with E-state index in [9.17, 15) is 9.18 Å². The van der Waals surface area contributed by atoms with Crippen molar-refractivity contribution in [3.8, 4) is 11.1 Å². The lowest BCUT2D eigenvalue weighted by Crippen LogP contribution is -2.44. The number of hydrogen-bond acceptors (Lipinski definition) is 3. The lowest BCUT2D eigenvalue weighted by molar-refractivity contribution is 0.0692. The monoisotopic (exact) mass is 367 g/mol. The van der Waals surface area contributed by atoms with Crippen molar-refractivity contribution in [3.63, 3.8) is 0 Å². The van der Waals surface area contributed by atoms with Crippen molar-refractivity contribution < 1.29 is 9.18 Å². The van der Waals surface area contributed by atoms with Gasteiger partial charge in [0.1, 0.15) is 5.82 Å². The first-order chi connectivity index (χ1) is 13.1. The van der Waals surface area contributed by atoms with Crippen LogP contribution in [-0.2, 0) is 0 Å². The summed E-state index contributed by atoms with van der Waals surface area (Å²) >= 11 is 0. The lowest BCUT2D eigenvalue weighted by Gasteiger charge is -2.31. The van der Waals surface area contributed by atoms with E-state index >= 15 is 0 Å². The fourth-order valence-electron chi connectivity index (χ4n) is 4.38. The van der Waals surface area contributed by atoms with Crippen molar-refractivity contribution in [2.45, 2.75) is 44.7 Å². The Labute approximate surface area is 160 Å². The number of likely N-dealkylation sites (tertiary alicyclic amines) is 2. The van der Waals surface area contributed by atoms with Gasteiger partial charge in [0.25, 0.3) is 5.91 Å². The average molecular weight is 367 g/mol. The molecule has 2 saturated heterocycles. The van der Waals surface area contributed by atoms with E-state index in [4.69, 9.17) is 0 Å². The summed E-state index contributed by atoms with van der Waals surface area (Å²) in [4.78, 5) is 21.5. The van der Waals surface area contributed by atoms with Crippen LogP contribution in [0.15, 0.2) is 42.7 Å². The number of aromatic nitrogens is 1. The maximum Gasteiger partial charge on any atom is 0.257 e. The minimum absolute atomic E-state index is 0.170. The van der Waals surface area contributed by atoms with Gasteiger partial charge in [0.05, 0.1) is 5.56 Å². The zero-order chi connectivity index (χ0) is 18.8. The third kappa shape index (κ3) is 3.74. The molecule has 4 nitrogen and oxygen atoms in total. The summed E-state index contributed by atoms with van der Waals surface area (Å²) in [5.41, 5.74) is 1.75. The van der Waals surface area contributed by atoms with Crippen LogP contribution in [0.5, 0.6) is 0 Å². The molecule has 0 spiro atoms. The van der Waals surface area contributed by atoms with Crippen LogP contribution in [0.25, 0.3) is 11.1 Å². The molecule has 2 aromatic rings. The second kappa shape index (κ2) is 7.77. The quantitative estimate of drug-likeness (QED) is 0.820. The second-order valence-corrected chi connectivity index (χ2v) is 7.72. The van der Waals surface area contributed by atoms with E-state index in [1.807, 2.05) is 17.0 Å². The van der Waals surface area contributed by atoms with Crippen LogP contribution in [0.1, 0.15) is 43.0 Å². The van der Waals surface area contributed by atoms with Crippen LogP contribution in [0.4, 0.5) is 4.39 Å². The largest absolute Gasteiger partial charge is 0.334 e. The number of carbonyl (C=O) groups excluding carboxylic acids is 1. The maximum atomic E-state index is 14.8. The minimum atomic E-state index is -0.457. The summed E-state index contributed by atoms with van der Waals surface area (Å²) < 4.78 is 14.8. The molecule has 1 aromatic heterocycles. The van der Waals surface area contributed by atoms with Crippen molar-refractivity contribution in [1.82, 2.24) is 14.8 Å². The molecule has 5 heteroatoms. The van der Waals surface area contributed by atoms with Gasteiger partial charge in [-0.25, -0.2) is 4.39 Å². The molecule has 2 fully saturated rings. The number of rotatable bonds is 4. The van der Waals surface area contributed by atoms with E-state index in [0.29, 0.717) is 6.04 Å². The Kier molecular flexibility index (Phi) is 5.21. The minimum Gasteiger partial charge on any atom is -0.334 e. The molecule has 1 aromatic carbocycles. The first kappa shape index (κ1) is 18.1. The average Bonchev–Trinajstić information content (AvgIpc) is 3.31. The van der Waals surface area contributed by atoms with Crippen LogP contribution in [0.3, 0.4) is 0 Å². The number of carbonyl (C=O) groups is 1. The molecule has 0 unspecified atom stereocenters. The molecule has 2 aliphatic heterocycles. The number of halogens is 1. The highest BCUT2D eigenvalue weighted by atomic mass is 19.1. The van der Waals surface area contributed by atoms with Crippen LogP contribution >= 0.6 is 0 Å². The van der Waals surface area contributed by atoms with Crippen molar-refractivity contribution in [3.05, 3.63) is 54.1 Å². The summed E-state index contributed by atoms with van der Waals surface area (Å²) in [7, 11) is 0. The molecule has 2 atom stereocenters. The van der Waals surface area contributed by atoms with Gasteiger partial charge in [-0.15, -0.1) is 0 Å². The number of hydrogen-bond donors (Lipinski definition) is 0. The summed E-state index contributed by atoms with van der Waals surface area (Å²) in [6, 6.07) is 9.35. The Morgan fingerprint density at radius 2 is 2.04 bits per heavy atom. The molecule has 27 heavy (non-hydrogen) atoms. The predicted octanol–water partition coefficient (Wildman–Crippen LogP) is 3.98. The van der Waals surface area contributed by atoms with Gasteiger partial charge in [0.15, 0.2) is 0 Å². The van der Waals surface area contributed by atoms with Crippen LogP contribution in [0, 0.1) is 5.82 Å². The number of pyridine rings is 1. The zero-order valence-electron chi connectivity index (χ0n) is 15.8. The molecule has 3 heterocycles. The Morgan fingerprint density at radius 3 is 2.74 bits per heavy atom. The van der Waals surface area contributed by atoms with Gasteiger partial charge >= 0.3 is 0 Å². The Bertz CT molecular complexity index is 810. The molecule has 1 amide bonds. The highest BCUT2D eigenvalue weighted by molar-refractivity contribution is 5.95. The van der Waals surface area contributed by atoms with Gasteiger partial charge < -0.3 is 4.90 Å². The SMILES string of the molecule is C[C@@H]1CCCN1C[C@@H]1CCCN1C(=O)c1ccc(-c2cccnc2)cc1F. The molecule has 0 saturated carbocycles. The molecule has 142 valence electrons. The number of benzene rings is 1. The third-order valence-electron chi connectivity index (χ3n) is 5.97. The molecular formula is C22H26FN3O. The van der Waals surface area contributed by atoms with E-state index in [-0.39, 0.29) is 17.5 Å². The van der Waals surface area contributed by atoms with E-state index in [0.717, 1.165) is 43.6 Å². The molecule has 0 radical (unpaired) electrons. The van der Waals surface area contributed by atoms with Gasteiger partial charge in [-0.3, -0.25) is 14.7 Å². The van der Waals surface area contributed by atoms with Crippen molar-refractivity contribution >= 4 is 5.91 Å². The predicted molar refractivity (Wildman–Crippen MR) is 104 cm³/mol. The first-order valence-corrected chi connectivity index (χ1v) is 9.88. The van der Waals surface area contributed by atoms with E-state index < -0.39 is 5.82 Å². The molecule has 0 bridgehead atoms. The lowest BCUT2D eigenvalue weighted by atomic mass is 10.0. The zero-order valence-corrected chi connectivity index (χ0v) is 15.8. The first-order valence-electron chi connectivity index (χ1n) is 9.88. The molecule has 0 N–H and O–H groups in total. The topological polar surface area (TPSA) is 36.4 Å².